The normalized spacial score (nSPS) is 16.9. The van der Waals surface area contributed by atoms with Crippen molar-refractivity contribution in [1.82, 2.24) is 19.5 Å². The number of carbonyl (C=O) groups excluding carboxylic acids is 1. The third-order valence-corrected chi connectivity index (χ3v) is 7.66. The molecule has 3 rings (SSSR count). The van der Waals surface area contributed by atoms with Gasteiger partial charge in [-0.1, -0.05) is 11.6 Å². The summed E-state index contributed by atoms with van der Waals surface area (Å²) in [5, 5.41) is 9.46. The summed E-state index contributed by atoms with van der Waals surface area (Å²) in [7, 11) is -3.94. The van der Waals surface area contributed by atoms with Crippen LogP contribution in [0.25, 0.3) is 11.2 Å². The number of ether oxygens (including phenoxy) is 2. The number of rotatable bonds is 13. The van der Waals surface area contributed by atoms with E-state index in [9.17, 15) is 19.3 Å². The summed E-state index contributed by atoms with van der Waals surface area (Å²) >= 11 is 6.10. The van der Waals surface area contributed by atoms with Crippen LogP contribution in [0, 0.1) is 10.8 Å². The highest BCUT2D eigenvalue weighted by Crippen LogP contribution is 2.52. The number of hydrogen-bond donors (Lipinski definition) is 2. The molecule has 1 unspecified atom stereocenters. The molecule has 1 saturated carbocycles. The molecule has 15 heteroatoms. The van der Waals surface area contributed by atoms with Gasteiger partial charge in [0.2, 0.25) is 12.7 Å². The monoisotopic (exact) mass is 561 g/mol. The average Bonchev–Trinajstić information content (AvgIpc) is 3.43. The molecule has 1 aliphatic carbocycles. The Morgan fingerprint density at radius 1 is 1.22 bits per heavy atom. The van der Waals surface area contributed by atoms with Crippen molar-refractivity contribution < 1.29 is 37.8 Å². The number of halogens is 1. The second kappa shape index (κ2) is 10.8. The Kier molecular flexibility index (Phi) is 8.55. The molecule has 37 heavy (non-hydrogen) atoms. The molecule has 0 bridgehead atoms. The summed E-state index contributed by atoms with van der Waals surface area (Å²) in [6.07, 6.45) is 2.50. The van der Waals surface area contributed by atoms with Crippen molar-refractivity contribution in [2.45, 2.75) is 66.0 Å². The maximum Gasteiger partial charge on any atom is 0.359 e. The van der Waals surface area contributed by atoms with E-state index in [4.69, 9.17) is 35.9 Å². The van der Waals surface area contributed by atoms with E-state index in [1.165, 1.54) is 13.8 Å². The van der Waals surface area contributed by atoms with Gasteiger partial charge in [-0.15, -0.1) is 0 Å². The fourth-order valence-corrected chi connectivity index (χ4v) is 4.55. The van der Waals surface area contributed by atoms with Gasteiger partial charge in [-0.3, -0.25) is 18.7 Å². The number of nitrogen functional groups attached to an aromatic ring is 1. The highest BCUT2D eigenvalue weighted by atomic mass is 35.5. The summed E-state index contributed by atoms with van der Waals surface area (Å²) in [6.45, 7) is 7.63. The fourth-order valence-electron chi connectivity index (χ4n) is 3.09. The van der Waals surface area contributed by atoms with Crippen molar-refractivity contribution in [3.8, 4) is 0 Å². The molecule has 3 N–H and O–H groups in total. The van der Waals surface area contributed by atoms with Gasteiger partial charge in [0.25, 0.3) is 0 Å². The van der Waals surface area contributed by atoms with Crippen LogP contribution >= 0.6 is 19.2 Å². The molecule has 0 saturated heterocycles. The van der Waals surface area contributed by atoms with Crippen LogP contribution in [0.3, 0.4) is 0 Å². The first-order valence-electron chi connectivity index (χ1n) is 11.6. The molecule has 1 fully saturated rings. The van der Waals surface area contributed by atoms with Crippen LogP contribution in [0.1, 0.15) is 53.9 Å². The number of anilines is 1. The van der Waals surface area contributed by atoms with Crippen molar-refractivity contribution in [2.75, 3.05) is 25.5 Å². The third kappa shape index (κ3) is 7.61. The topological polar surface area (TPSA) is 178 Å². The van der Waals surface area contributed by atoms with Crippen LogP contribution in [0.4, 0.5) is 5.95 Å². The van der Waals surface area contributed by atoms with Crippen molar-refractivity contribution in [1.29, 1.82) is 0 Å². The van der Waals surface area contributed by atoms with Gasteiger partial charge in [0.15, 0.2) is 10.8 Å². The highest BCUT2D eigenvalue weighted by molar-refractivity contribution is 7.53. The molecule has 0 aromatic carbocycles. The van der Waals surface area contributed by atoms with Gasteiger partial charge in [-0.05, 0) is 53.9 Å². The predicted molar refractivity (Wildman–Crippen MR) is 134 cm³/mol. The molecule has 2 aromatic rings. The van der Waals surface area contributed by atoms with E-state index in [0.29, 0.717) is 30.6 Å². The summed E-state index contributed by atoms with van der Waals surface area (Å²) in [6, 6.07) is 0. The van der Waals surface area contributed by atoms with E-state index in [0.717, 1.165) is 0 Å². The maximum absolute atomic E-state index is 13.5. The first kappa shape index (κ1) is 29.2. The lowest BCUT2D eigenvalue weighted by atomic mass is 9.90. The summed E-state index contributed by atoms with van der Waals surface area (Å²) in [5.41, 5.74) is 3.98. The standard InChI is InChI=1S/C22H33ClN5O8P/c1-20(2,3)18(31)33-12-36-37(32,35-9-8-21(4,5)17(29)30)13-34-22(6-7-22)10-28-11-25-14-15(23)26-19(24)27-16(14)28/h11H,6-10,12-13H2,1-5H3,(H,29,30)(H2,24,26,27). The zero-order valence-corrected chi connectivity index (χ0v) is 23.2. The highest BCUT2D eigenvalue weighted by Gasteiger charge is 2.47. The number of fused-ring (bicyclic) bond motifs is 1. The number of esters is 1. The van der Waals surface area contributed by atoms with Crippen LogP contribution in [-0.2, 0) is 39.2 Å². The number of nitrogens with two attached hydrogens (primary N) is 1. The Balaban J connectivity index is 1.68. The van der Waals surface area contributed by atoms with Crippen LogP contribution in [0.15, 0.2) is 6.33 Å². The van der Waals surface area contributed by atoms with E-state index < -0.39 is 49.1 Å². The first-order valence-corrected chi connectivity index (χ1v) is 13.7. The lowest BCUT2D eigenvalue weighted by Crippen LogP contribution is -2.26. The minimum absolute atomic E-state index is 0.00500. The van der Waals surface area contributed by atoms with E-state index >= 15 is 0 Å². The molecule has 206 valence electrons. The SMILES string of the molecule is CC(C)(C)C(=O)OCOP(=O)(COC1(Cn2cnc3c(Cl)nc(N)nc32)CC1)OCCC(C)(C)C(=O)O. The maximum atomic E-state index is 13.5. The molecule has 1 atom stereocenters. The van der Waals surface area contributed by atoms with Gasteiger partial charge in [0.05, 0.1) is 35.9 Å². The van der Waals surface area contributed by atoms with Crippen molar-refractivity contribution in [2.24, 2.45) is 10.8 Å². The number of carboxylic acids is 1. The van der Waals surface area contributed by atoms with Crippen LogP contribution in [-0.4, -0.2) is 61.9 Å². The zero-order chi connectivity index (χ0) is 27.6. The molecule has 2 heterocycles. The molecule has 13 nitrogen and oxygen atoms in total. The smallest absolute Gasteiger partial charge is 0.359 e. The minimum Gasteiger partial charge on any atom is -0.481 e. The number of nitrogens with zero attached hydrogens (tertiary/aromatic N) is 4. The number of carbonyl (C=O) groups is 2. The van der Waals surface area contributed by atoms with E-state index in [-0.39, 0.29) is 24.1 Å². The van der Waals surface area contributed by atoms with Crippen molar-refractivity contribution >= 4 is 48.2 Å². The Bertz CT molecular complexity index is 1210. The third-order valence-electron chi connectivity index (χ3n) is 5.88. The molecule has 1 aliphatic rings. The predicted octanol–water partition coefficient (Wildman–Crippen LogP) is 3.84. The lowest BCUT2D eigenvalue weighted by molar-refractivity contribution is -0.160. The van der Waals surface area contributed by atoms with E-state index in [1.807, 2.05) is 0 Å². The van der Waals surface area contributed by atoms with Crippen LogP contribution in [0.5, 0.6) is 0 Å². The average molecular weight is 562 g/mol. The Morgan fingerprint density at radius 2 is 1.89 bits per heavy atom. The Hall–Kier alpha value is -2.31. The van der Waals surface area contributed by atoms with E-state index in [1.54, 1.807) is 31.7 Å². The number of aromatic nitrogens is 4. The molecule has 0 aliphatic heterocycles. The number of aliphatic carboxylic acids is 1. The molecular formula is C22H33ClN5O8P. The summed E-state index contributed by atoms with van der Waals surface area (Å²) in [5.74, 6) is -1.56. The van der Waals surface area contributed by atoms with Crippen LogP contribution in [0.2, 0.25) is 5.15 Å². The molecular weight excluding hydrogens is 529 g/mol. The van der Waals surface area contributed by atoms with Crippen LogP contribution < -0.4 is 5.73 Å². The second-order valence-corrected chi connectivity index (χ2v) is 13.0. The van der Waals surface area contributed by atoms with Gasteiger partial charge in [0.1, 0.15) is 11.9 Å². The van der Waals surface area contributed by atoms with Gasteiger partial charge in [-0.25, -0.2) is 4.98 Å². The van der Waals surface area contributed by atoms with Gasteiger partial charge < -0.3 is 29.4 Å². The van der Waals surface area contributed by atoms with Crippen molar-refractivity contribution in [3.05, 3.63) is 11.5 Å². The summed E-state index contributed by atoms with van der Waals surface area (Å²) < 4.78 is 37.2. The van der Waals surface area contributed by atoms with Crippen molar-refractivity contribution in [3.63, 3.8) is 0 Å². The largest absolute Gasteiger partial charge is 0.481 e. The minimum atomic E-state index is -3.94. The number of imidazole rings is 1. The lowest BCUT2D eigenvalue weighted by Gasteiger charge is -2.25. The summed E-state index contributed by atoms with van der Waals surface area (Å²) in [4.78, 5) is 35.8. The Morgan fingerprint density at radius 3 is 2.49 bits per heavy atom. The van der Waals surface area contributed by atoms with Gasteiger partial charge >= 0.3 is 19.5 Å². The first-order chi connectivity index (χ1) is 17.1. The quantitative estimate of drug-likeness (QED) is 0.156. The second-order valence-electron chi connectivity index (χ2n) is 10.7. The zero-order valence-electron chi connectivity index (χ0n) is 21.5. The molecule has 2 aromatic heterocycles. The molecule has 0 amide bonds. The Labute approximate surface area is 219 Å². The van der Waals surface area contributed by atoms with Gasteiger partial charge in [-0.2, -0.15) is 9.97 Å². The molecule has 0 radical (unpaired) electrons. The van der Waals surface area contributed by atoms with E-state index in [2.05, 4.69) is 15.0 Å². The van der Waals surface area contributed by atoms with Gasteiger partial charge in [0, 0.05) is 0 Å². The fraction of sp³-hybridized carbons (Fsp3) is 0.682. The molecule has 0 spiro atoms. The number of carboxylic acid groups (broad SMARTS) is 1. The number of hydrogen-bond acceptors (Lipinski definition) is 11.